The van der Waals surface area contributed by atoms with Gasteiger partial charge in [-0.05, 0) is 174 Å². The van der Waals surface area contributed by atoms with Gasteiger partial charge in [0.2, 0.25) is 0 Å². The van der Waals surface area contributed by atoms with Gasteiger partial charge < -0.3 is 38.7 Å². The van der Waals surface area contributed by atoms with Gasteiger partial charge in [-0.2, -0.15) is 0 Å². The molecule has 0 saturated carbocycles. The molecule has 0 saturated heterocycles. The molecule has 0 unspecified atom stereocenters. The number of para-hydroxylation sites is 8. The first-order valence-electron chi connectivity index (χ1n) is 38.4. The number of aryl methyl sites for hydroxylation is 4. The van der Waals surface area contributed by atoms with Crippen LogP contribution in [-0.2, 0) is 28.2 Å². The van der Waals surface area contributed by atoms with Crippen LogP contribution in [-0.4, -0.2) is 141 Å². The van der Waals surface area contributed by atoms with Gasteiger partial charge in [0.25, 0.3) is 0 Å². The molecule has 0 aliphatic rings. The highest BCUT2D eigenvalue weighted by atomic mass is 15.3. The average Bonchev–Trinajstić information content (AvgIpc) is 1.66. The topological polar surface area (TPSA) is 56.7 Å². The lowest BCUT2D eigenvalue weighted by molar-refractivity contribution is 0.147. The zero-order valence-corrected chi connectivity index (χ0v) is 73.4. The number of aromatic nitrogens is 4. The van der Waals surface area contributed by atoms with Gasteiger partial charge in [0.05, 0.1) is 6.17 Å². The summed E-state index contributed by atoms with van der Waals surface area (Å²) in [6.07, 6.45) is 0.537. The lowest BCUT2D eigenvalue weighted by atomic mass is 10.2. The number of fused-ring (bicyclic) bond motifs is 12. The van der Waals surface area contributed by atoms with E-state index < -0.39 is 0 Å². The summed E-state index contributed by atoms with van der Waals surface area (Å²) in [7, 11) is 32.6. The van der Waals surface area contributed by atoms with Crippen LogP contribution in [0.1, 0.15) is 166 Å². The molecule has 0 fully saturated rings. The Hall–Kier alpha value is -7.28. The molecule has 8 aromatic carbocycles. The molecule has 576 valence electrons. The van der Waals surface area contributed by atoms with Gasteiger partial charge in [0.15, 0.2) is 0 Å². The number of benzene rings is 8. The molecule has 12 aromatic rings. The van der Waals surface area contributed by atoms with Gasteiger partial charge in [-0.25, -0.2) is 0 Å². The molecule has 0 atom stereocenters. The standard InChI is InChI=1S/4C13H11N.C6H16N2.2C5H13N.C4H10.2C2H7N.8C2H6/c4*1-14-12-8-4-2-6-10(12)11-7-3-5-9-13(11)14;1-6(7(2)3)8(4)5;2*1-5(2)6(3)4;1-4(2)3;2*1-3-2;8*1-2/h4*2-9H,1H3;6H,1-5H3;2*5H,1-4H3;4H,1-3H3;2*3H,1-2H3;8*1-2H3. The summed E-state index contributed by atoms with van der Waals surface area (Å²) in [5, 5.41) is 16.2. The lowest BCUT2D eigenvalue weighted by Crippen LogP contribution is -2.37. The maximum atomic E-state index is 2.75. The van der Waals surface area contributed by atoms with E-state index in [0.717, 1.165) is 5.92 Å². The number of hydrogen-bond acceptors (Lipinski definition) is 6. The molecular formula is C92H158N10. The summed E-state index contributed by atoms with van der Waals surface area (Å²) in [6.45, 7) is 49.3. The fraction of sp³-hybridized carbons (Fsp3) is 0.478. The monoisotopic (exact) mass is 1400 g/mol. The molecule has 12 rings (SSSR count). The Kier molecular flexibility index (Phi) is 68.1. The average molecular weight is 1400 g/mol. The largest absolute Gasteiger partial charge is 0.344 e. The van der Waals surface area contributed by atoms with Gasteiger partial charge in [0, 0.05) is 127 Å². The van der Waals surface area contributed by atoms with Crippen molar-refractivity contribution in [3.63, 3.8) is 0 Å². The second-order valence-electron chi connectivity index (χ2n) is 23.8. The minimum atomic E-state index is 0.537. The van der Waals surface area contributed by atoms with Crippen molar-refractivity contribution in [2.24, 2.45) is 34.1 Å². The fourth-order valence-corrected chi connectivity index (χ4v) is 8.93. The third kappa shape index (κ3) is 37.2. The second kappa shape index (κ2) is 65.7. The minimum absolute atomic E-state index is 0.537. The molecule has 10 heteroatoms. The van der Waals surface area contributed by atoms with E-state index in [1.807, 2.05) is 139 Å². The van der Waals surface area contributed by atoms with E-state index in [-0.39, 0.29) is 0 Å². The SMILES string of the molecule is CC.CC.CC.CC.CC.CC.CC.CC.CC(C)C.CC(C)N(C)C.CC(C)N(C)C.CC(N(C)C)N(C)C.CNC.CNC.Cn1c2ccccc2c2ccccc21.Cn1c2ccccc2c2ccccc21.Cn1c2ccccc2c2ccccc21.Cn1c2ccccc2c2ccccc21. The van der Waals surface area contributed by atoms with Crippen LogP contribution in [0, 0.1) is 5.92 Å². The van der Waals surface area contributed by atoms with Gasteiger partial charge in [0.1, 0.15) is 0 Å². The van der Waals surface area contributed by atoms with Crippen LogP contribution in [0.15, 0.2) is 194 Å². The van der Waals surface area contributed by atoms with Crippen molar-refractivity contribution in [1.82, 2.24) is 48.5 Å². The van der Waals surface area contributed by atoms with Gasteiger partial charge in [-0.1, -0.05) is 277 Å². The Morgan fingerprint density at radius 2 is 0.304 bits per heavy atom. The normalized spacial score (nSPS) is 9.57. The van der Waals surface area contributed by atoms with Crippen molar-refractivity contribution < 1.29 is 0 Å². The van der Waals surface area contributed by atoms with Crippen LogP contribution in [0.3, 0.4) is 0 Å². The quantitative estimate of drug-likeness (QED) is 0.171. The van der Waals surface area contributed by atoms with E-state index in [4.69, 9.17) is 0 Å². The minimum Gasteiger partial charge on any atom is -0.344 e. The summed E-state index contributed by atoms with van der Waals surface area (Å²) < 4.78 is 8.96. The van der Waals surface area contributed by atoms with Crippen molar-refractivity contribution in [3.05, 3.63) is 194 Å². The van der Waals surface area contributed by atoms with Crippen molar-refractivity contribution in [3.8, 4) is 0 Å². The van der Waals surface area contributed by atoms with Crippen LogP contribution in [0.25, 0.3) is 87.2 Å². The fourth-order valence-electron chi connectivity index (χ4n) is 8.93. The van der Waals surface area contributed by atoms with Crippen LogP contribution in [0.5, 0.6) is 0 Å². The smallest absolute Gasteiger partial charge is 0.0583 e. The first kappa shape index (κ1) is 106. The number of nitrogens with one attached hydrogen (secondary N) is 2. The zero-order valence-electron chi connectivity index (χ0n) is 73.4. The van der Waals surface area contributed by atoms with Crippen LogP contribution >= 0.6 is 0 Å². The molecule has 0 aliphatic heterocycles. The molecule has 0 bridgehead atoms. The van der Waals surface area contributed by atoms with E-state index in [9.17, 15) is 0 Å². The number of hydrogen-bond donors (Lipinski definition) is 2. The predicted octanol–water partition coefficient (Wildman–Crippen LogP) is 25.2. The second-order valence-corrected chi connectivity index (χ2v) is 23.8. The third-order valence-electron chi connectivity index (χ3n) is 14.8. The van der Waals surface area contributed by atoms with Crippen LogP contribution < -0.4 is 10.6 Å². The molecule has 4 aromatic heterocycles. The molecule has 2 N–H and O–H groups in total. The molecule has 0 amide bonds. The molecule has 4 heterocycles. The molecule has 0 radical (unpaired) electrons. The summed E-state index contributed by atoms with van der Waals surface area (Å²) in [5.74, 6) is 0.833. The number of rotatable bonds is 4. The summed E-state index contributed by atoms with van der Waals surface area (Å²) >= 11 is 0. The van der Waals surface area contributed by atoms with Gasteiger partial charge >= 0.3 is 0 Å². The Morgan fingerprint density at radius 1 is 0.216 bits per heavy atom. The highest BCUT2D eigenvalue weighted by Gasteiger charge is 2.09. The summed E-state index contributed by atoms with van der Waals surface area (Å²) in [5.41, 5.74) is 10.4. The molecule has 0 spiro atoms. The maximum Gasteiger partial charge on any atom is 0.0583 e. The Labute approximate surface area is 629 Å². The number of nitrogens with zero attached hydrogens (tertiary/aromatic N) is 8. The molecule has 102 heavy (non-hydrogen) atoms. The molecular weight excluding hydrogens is 1250 g/mol. The summed E-state index contributed by atoms with van der Waals surface area (Å²) in [4.78, 5) is 8.67. The van der Waals surface area contributed by atoms with E-state index in [1.54, 1.807) is 0 Å². The molecule has 10 nitrogen and oxygen atoms in total. The van der Waals surface area contributed by atoms with E-state index in [1.165, 1.54) is 87.2 Å². The third-order valence-corrected chi connectivity index (χ3v) is 14.8. The highest BCUT2D eigenvalue weighted by Crippen LogP contribution is 2.30. The summed E-state index contributed by atoms with van der Waals surface area (Å²) in [6, 6.07) is 69.5. The van der Waals surface area contributed by atoms with Crippen LogP contribution in [0.4, 0.5) is 0 Å². The van der Waals surface area contributed by atoms with Crippen molar-refractivity contribution in [2.45, 2.75) is 184 Å². The van der Waals surface area contributed by atoms with E-state index in [2.05, 4.69) is 383 Å². The van der Waals surface area contributed by atoms with Gasteiger partial charge in [-0.15, -0.1) is 0 Å². The van der Waals surface area contributed by atoms with Crippen LogP contribution in [0.2, 0.25) is 0 Å². The maximum absolute atomic E-state index is 2.75. The Balaban J connectivity index is -0.000000254. The van der Waals surface area contributed by atoms with E-state index in [0.29, 0.717) is 18.2 Å². The predicted molar refractivity (Wildman–Crippen MR) is 477 cm³/mol. The van der Waals surface area contributed by atoms with Gasteiger partial charge in [-0.3, -0.25) is 9.80 Å². The highest BCUT2D eigenvalue weighted by molar-refractivity contribution is 6.10. The zero-order chi connectivity index (χ0) is 80.2. The molecule has 0 aliphatic carbocycles. The van der Waals surface area contributed by atoms with Crippen molar-refractivity contribution in [1.29, 1.82) is 0 Å². The van der Waals surface area contributed by atoms with Crippen molar-refractivity contribution >= 4 is 87.2 Å². The Morgan fingerprint density at radius 3 is 0.373 bits per heavy atom. The van der Waals surface area contributed by atoms with Crippen molar-refractivity contribution in [2.75, 3.05) is 84.6 Å². The first-order valence-corrected chi connectivity index (χ1v) is 38.4. The Bertz CT molecular complexity index is 3110. The lowest BCUT2D eigenvalue weighted by Gasteiger charge is -2.26. The van der Waals surface area contributed by atoms with E-state index >= 15 is 0 Å². The first-order chi connectivity index (χ1) is 48.9.